The minimum absolute atomic E-state index is 0.239. The largest absolute Gasteiger partial charge is 0.462 e. The second-order valence-corrected chi connectivity index (χ2v) is 3.79. The molecule has 0 amide bonds. The molecule has 3 nitrogen and oxygen atoms in total. The van der Waals surface area contributed by atoms with Crippen LogP contribution in [0.5, 0.6) is 0 Å². The zero-order valence-corrected chi connectivity index (χ0v) is 9.32. The molecule has 0 radical (unpaired) electrons. The molecule has 0 aliphatic rings. The quantitative estimate of drug-likeness (QED) is 0.631. The van der Waals surface area contributed by atoms with E-state index in [0.717, 1.165) is 23.6 Å². The Balaban J connectivity index is 2.10. The Hall–Kier alpha value is -1.77. The Morgan fingerprint density at radius 3 is 2.94 bits per heavy atom. The Morgan fingerprint density at radius 2 is 2.12 bits per heavy atom. The number of aromatic amines is 1. The molecule has 0 spiro atoms. The number of rotatable bonds is 4. The van der Waals surface area contributed by atoms with Crippen molar-refractivity contribution in [1.29, 1.82) is 0 Å². The summed E-state index contributed by atoms with van der Waals surface area (Å²) in [5.41, 5.74) is 0.614. The van der Waals surface area contributed by atoms with E-state index < -0.39 is 0 Å². The number of carbonyl (C=O) groups is 1. The fraction of sp³-hybridized carbons (Fsp3) is 0.308. The molecule has 1 aromatic heterocycles. The molecule has 2 rings (SSSR count). The van der Waals surface area contributed by atoms with Crippen LogP contribution in [-0.2, 0) is 4.74 Å². The highest BCUT2D eigenvalue weighted by Gasteiger charge is 2.07. The summed E-state index contributed by atoms with van der Waals surface area (Å²) >= 11 is 0. The molecule has 1 heterocycles. The Morgan fingerprint density at radius 1 is 1.31 bits per heavy atom. The minimum atomic E-state index is -0.239. The van der Waals surface area contributed by atoms with Crippen LogP contribution in [0.25, 0.3) is 10.8 Å². The maximum absolute atomic E-state index is 11.7. The molecule has 3 heteroatoms. The molecule has 1 N–H and O–H groups in total. The van der Waals surface area contributed by atoms with Crippen LogP contribution in [0.15, 0.2) is 30.6 Å². The fourth-order valence-corrected chi connectivity index (χ4v) is 1.57. The zero-order chi connectivity index (χ0) is 11.4. The fourth-order valence-electron chi connectivity index (χ4n) is 1.57. The highest BCUT2D eigenvalue weighted by Crippen LogP contribution is 2.15. The monoisotopic (exact) mass is 217 g/mol. The topological polar surface area (TPSA) is 42.1 Å². The number of hydrogen-bond acceptors (Lipinski definition) is 2. The first-order valence-corrected chi connectivity index (χ1v) is 5.55. The maximum atomic E-state index is 11.7. The molecule has 2 aromatic rings. The standard InChI is InChI=1S/C13H15NO2/c1-2-3-6-16-13(15)10-4-5-11-8-14-9-12(11)7-10/h4-5,7-9,14H,2-3,6H2,1H3. The van der Waals surface area contributed by atoms with Crippen LogP contribution in [0, 0.1) is 0 Å². The average molecular weight is 217 g/mol. The van der Waals surface area contributed by atoms with Gasteiger partial charge in [0.2, 0.25) is 0 Å². The van der Waals surface area contributed by atoms with Gasteiger partial charge in [0.05, 0.1) is 12.2 Å². The first-order valence-electron chi connectivity index (χ1n) is 5.55. The Bertz CT molecular complexity index is 487. The summed E-state index contributed by atoms with van der Waals surface area (Å²) in [5.74, 6) is -0.239. The van der Waals surface area contributed by atoms with Crippen LogP contribution in [0.2, 0.25) is 0 Å². The van der Waals surface area contributed by atoms with Gasteiger partial charge in [-0.05, 0) is 29.3 Å². The van der Waals surface area contributed by atoms with Gasteiger partial charge in [-0.1, -0.05) is 19.4 Å². The molecule has 0 aliphatic heterocycles. The Kier molecular flexibility index (Phi) is 3.25. The number of esters is 1. The molecular formula is C13H15NO2. The van der Waals surface area contributed by atoms with E-state index >= 15 is 0 Å². The van der Waals surface area contributed by atoms with Gasteiger partial charge in [0.1, 0.15) is 0 Å². The molecule has 0 saturated heterocycles. The van der Waals surface area contributed by atoms with Crippen molar-refractivity contribution >= 4 is 16.7 Å². The van der Waals surface area contributed by atoms with Crippen molar-refractivity contribution in [2.75, 3.05) is 6.61 Å². The molecule has 0 unspecified atom stereocenters. The number of H-pyrrole nitrogens is 1. The number of benzene rings is 1. The number of hydrogen-bond donors (Lipinski definition) is 1. The summed E-state index contributed by atoms with van der Waals surface area (Å²) in [7, 11) is 0. The van der Waals surface area contributed by atoms with E-state index in [2.05, 4.69) is 11.9 Å². The lowest BCUT2D eigenvalue weighted by Crippen LogP contribution is -2.05. The molecule has 84 valence electrons. The number of carbonyl (C=O) groups excluding carboxylic acids is 1. The van der Waals surface area contributed by atoms with Crippen molar-refractivity contribution < 1.29 is 9.53 Å². The lowest BCUT2D eigenvalue weighted by molar-refractivity contribution is 0.0500. The normalized spacial score (nSPS) is 10.6. The lowest BCUT2D eigenvalue weighted by atomic mass is 10.1. The van der Waals surface area contributed by atoms with Crippen molar-refractivity contribution in [2.45, 2.75) is 19.8 Å². The van der Waals surface area contributed by atoms with E-state index in [0.29, 0.717) is 12.2 Å². The highest BCUT2D eigenvalue weighted by molar-refractivity contribution is 5.95. The van der Waals surface area contributed by atoms with Crippen molar-refractivity contribution in [1.82, 2.24) is 4.98 Å². The molecule has 1 aromatic carbocycles. The smallest absolute Gasteiger partial charge is 0.338 e. The van der Waals surface area contributed by atoms with Gasteiger partial charge >= 0.3 is 5.97 Å². The number of unbranched alkanes of at least 4 members (excludes halogenated alkanes) is 1. The molecular weight excluding hydrogens is 202 g/mol. The first-order chi connectivity index (χ1) is 7.81. The first kappa shape index (κ1) is 10.7. The van der Waals surface area contributed by atoms with Crippen molar-refractivity contribution in [3.8, 4) is 0 Å². The number of fused-ring (bicyclic) bond motifs is 1. The van der Waals surface area contributed by atoms with E-state index in [1.165, 1.54) is 0 Å². The third-order valence-electron chi connectivity index (χ3n) is 2.53. The van der Waals surface area contributed by atoms with Crippen LogP contribution in [0.3, 0.4) is 0 Å². The van der Waals surface area contributed by atoms with Gasteiger partial charge in [0.25, 0.3) is 0 Å². The van der Waals surface area contributed by atoms with Crippen molar-refractivity contribution in [3.05, 3.63) is 36.2 Å². The molecule has 0 fully saturated rings. The Labute approximate surface area is 94.4 Å². The van der Waals surface area contributed by atoms with Crippen LogP contribution in [0.1, 0.15) is 30.1 Å². The minimum Gasteiger partial charge on any atom is -0.462 e. The predicted molar refractivity (Wildman–Crippen MR) is 63.5 cm³/mol. The van der Waals surface area contributed by atoms with Gasteiger partial charge in [0.15, 0.2) is 0 Å². The van der Waals surface area contributed by atoms with Crippen LogP contribution >= 0.6 is 0 Å². The van der Waals surface area contributed by atoms with Gasteiger partial charge in [-0.25, -0.2) is 4.79 Å². The van der Waals surface area contributed by atoms with Crippen molar-refractivity contribution in [3.63, 3.8) is 0 Å². The van der Waals surface area contributed by atoms with E-state index in [9.17, 15) is 4.79 Å². The molecule has 0 saturated carbocycles. The number of nitrogens with one attached hydrogen (secondary N) is 1. The average Bonchev–Trinajstić information content (AvgIpc) is 2.76. The van der Waals surface area contributed by atoms with E-state index in [-0.39, 0.29) is 5.97 Å². The predicted octanol–water partition coefficient (Wildman–Crippen LogP) is 3.12. The van der Waals surface area contributed by atoms with Crippen LogP contribution in [0.4, 0.5) is 0 Å². The molecule has 0 atom stereocenters. The van der Waals surface area contributed by atoms with Gasteiger partial charge in [-0.3, -0.25) is 0 Å². The number of aromatic nitrogens is 1. The van der Waals surface area contributed by atoms with E-state index in [4.69, 9.17) is 4.74 Å². The summed E-state index contributed by atoms with van der Waals surface area (Å²) in [5, 5.41) is 2.13. The van der Waals surface area contributed by atoms with Gasteiger partial charge in [-0.2, -0.15) is 0 Å². The van der Waals surface area contributed by atoms with E-state index in [1.54, 1.807) is 6.07 Å². The molecule has 0 bridgehead atoms. The third-order valence-corrected chi connectivity index (χ3v) is 2.53. The zero-order valence-electron chi connectivity index (χ0n) is 9.32. The van der Waals surface area contributed by atoms with Gasteiger partial charge in [-0.15, -0.1) is 0 Å². The summed E-state index contributed by atoms with van der Waals surface area (Å²) in [6.07, 6.45) is 5.72. The van der Waals surface area contributed by atoms with Crippen LogP contribution < -0.4 is 0 Å². The summed E-state index contributed by atoms with van der Waals surface area (Å²) in [4.78, 5) is 14.7. The molecule has 16 heavy (non-hydrogen) atoms. The third kappa shape index (κ3) is 2.24. The number of ether oxygens (including phenoxy) is 1. The SMILES string of the molecule is CCCCOC(=O)c1ccc2c[nH]cc2c1. The lowest BCUT2D eigenvalue weighted by Gasteiger charge is -2.03. The van der Waals surface area contributed by atoms with Gasteiger partial charge < -0.3 is 9.72 Å². The summed E-state index contributed by atoms with van der Waals surface area (Å²) in [6, 6.07) is 5.56. The van der Waals surface area contributed by atoms with Crippen LogP contribution in [-0.4, -0.2) is 17.6 Å². The van der Waals surface area contributed by atoms with Crippen molar-refractivity contribution in [2.24, 2.45) is 0 Å². The van der Waals surface area contributed by atoms with Gasteiger partial charge in [0, 0.05) is 12.4 Å². The summed E-state index contributed by atoms with van der Waals surface area (Å²) in [6.45, 7) is 2.57. The molecule has 0 aliphatic carbocycles. The second-order valence-electron chi connectivity index (χ2n) is 3.79. The highest BCUT2D eigenvalue weighted by atomic mass is 16.5. The summed E-state index contributed by atoms with van der Waals surface area (Å²) < 4.78 is 5.14. The second kappa shape index (κ2) is 4.84. The van der Waals surface area contributed by atoms with E-state index in [1.807, 2.05) is 24.5 Å². The maximum Gasteiger partial charge on any atom is 0.338 e.